The smallest absolute Gasteiger partial charge is 0.00797 e. The SMILES string of the molecule is [CH2]C(CCNC(C)CCC)NCCCCC. The quantitative estimate of drug-likeness (QED) is 0.530. The van der Waals surface area contributed by atoms with E-state index in [2.05, 4.69) is 38.3 Å². The molecule has 16 heavy (non-hydrogen) atoms. The minimum Gasteiger partial charge on any atom is -0.314 e. The Kier molecular flexibility index (Phi) is 11.3. The molecule has 2 nitrogen and oxygen atoms in total. The summed E-state index contributed by atoms with van der Waals surface area (Å²) < 4.78 is 0. The summed E-state index contributed by atoms with van der Waals surface area (Å²) in [5.74, 6) is 0. The molecule has 0 aliphatic rings. The third-order valence-corrected chi connectivity index (χ3v) is 2.92. The van der Waals surface area contributed by atoms with E-state index in [0.29, 0.717) is 12.1 Å². The molecule has 0 saturated heterocycles. The van der Waals surface area contributed by atoms with Crippen LogP contribution in [0.25, 0.3) is 0 Å². The fraction of sp³-hybridized carbons (Fsp3) is 0.929. The number of hydrogen-bond acceptors (Lipinski definition) is 2. The standard InChI is InChI=1S/C14H31N2/c1-5-7-8-11-15-14(4)10-12-16-13(3)9-6-2/h13-16H,4-12H2,1-3H3. The lowest BCUT2D eigenvalue weighted by Crippen LogP contribution is -2.34. The van der Waals surface area contributed by atoms with Crippen LogP contribution in [-0.2, 0) is 0 Å². The van der Waals surface area contributed by atoms with Gasteiger partial charge in [0.2, 0.25) is 0 Å². The fourth-order valence-corrected chi connectivity index (χ4v) is 1.82. The van der Waals surface area contributed by atoms with Crippen LogP contribution in [0, 0.1) is 6.92 Å². The number of unbranched alkanes of at least 4 members (excludes halogenated alkanes) is 2. The van der Waals surface area contributed by atoms with Crippen LogP contribution in [0.5, 0.6) is 0 Å². The van der Waals surface area contributed by atoms with Crippen molar-refractivity contribution in [2.75, 3.05) is 13.1 Å². The molecule has 0 aliphatic heterocycles. The van der Waals surface area contributed by atoms with Crippen LogP contribution in [-0.4, -0.2) is 25.2 Å². The maximum atomic E-state index is 4.13. The van der Waals surface area contributed by atoms with E-state index in [9.17, 15) is 0 Å². The van der Waals surface area contributed by atoms with Crippen LogP contribution in [0.4, 0.5) is 0 Å². The van der Waals surface area contributed by atoms with E-state index in [-0.39, 0.29) is 0 Å². The Balaban J connectivity index is 3.26. The van der Waals surface area contributed by atoms with E-state index >= 15 is 0 Å². The Morgan fingerprint density at radius 1 is 0.938 bits per heavy atom. The monoisotopic (exact) mass is 227 g/mol. The predicted octanol–water partition coefficient (Wildman–Crippen LogP) is 3.14. The van der Waals surface area contributed by atoms with Gasteiger partial charge in [0.25, 0.3) is 0 Å². The molecule has 1 radical (unpaired) electrons. The third kappa shape index (κ3) is 10.4. The predicted molar refractivity (Wildman–Crippen MR) is 73.7 cm³/mol. The maximum Gasteiger partial charge on any atom is 0.00797 e. The highest BCUT2D eigenvalue weighted by Crippen LogP contribution is 1.97. The second kappa shape index (κ2) is 11.4. The summed E-state index contributed by atoms with van der Waals surface area (Å²) in [6.07, 6.45) is 7.55. The summed E-state index contributed by atoms with van der Waals surface area (Å²) in [6, 6.07) is 1.05. The maximum absolute atomic E-state index is 4.13. The summed E-state index contributed by atoms with van der Waals surface area (Å²) in [5.41, 5.74) is 0. The Morgan fingerprint density at radius 2 is 1.69 bits per heavy atom. The summed E-state index contributed by atoms with van der Waals surface area (Å²) in [4.78, 5) is 0. The van der Waals surface area contributed by atoms with Gasteiger partial charge in [0.05, 0.1) is 0 Å². The lowest BCUT2D eigenvalue weighted by atomic mass is 10.1. The minimum atomic E-state index is 0.401. The highest BCUT2D eigenvalue weighted by molar-refractivity contribution is 4.71. The molecule has 2 atom stereocenters. The first-order valence-electron chi connectivity index (χ1n) is 7.00. The first kappa shape index (κ1) is 15.9. The minimum absolute atomic E-state index is 0.401. The van der Waals surface area contributed by atoms with Gasteiger partial charge in [-0.05, 0) is 46.2 Å². The van der Waals surface area contributed by atoms with Crippen LogP contribution in [0.2, 0.25) is 0 Å². The van der Waals surface area contributed by atoms with Crippen molar-refractivity contribution in [3.8, 4) is 0 Å². The first-order chi connectivity index (χ1) is 7.70. The van der Waals surface area contributed by atoms with Gasteiger partial charge in [0, 0.05) is 12.1 Å². The normalized spacial score (nSPS) is 15.0. The Morgan fingerprint density at radius 3 is 2.31 bits per heavy atom. The average Bonchev–Trinajstić information content (AvgIpc) is 2.25. The molecule has 0 heterocycles. The highest BCUT2D eigenvalue weighted by atomic mass is 14.9. The molecule has 0 amide bonds. The van der Waals surface area contributed by atoms with Gasteiger partial charge in [0.15, 0.2) is 0 Å². The van der Waals surface area contributed by atoms with Crippen LogP contribution >= 0.6 is 0 Å². The van der Waals surface area contributed by atoms with Gasteiger partial charge in [-0.2, -0.15) is 0 Å². The van der Waals surface area contributed by atoms with E-state index in [1.165, 1.54) is 32.1 Å². The second-order valence-corrected chi connectivity index (χ2v) is 4.79. The van der Waals surface area contributed by atoms with E-state index in [0.717, 1.165) is 19.5 Å². The second-order valence-electron chi connectivity index (χ2n) is 4.79. The molecule has 0 aromatic heterocycles. The molecule has 97 valence electrons. The van der Waals surface area contributed by atoms with Crippen molar-refractivity contribution in [2.24, 2.45) is 0 Å². The molecule has 2 heteroatoms. The molecule has 0 rings (SSSR count). The number of hydrogen-bond donors (Lipinski definition) is 2. The van der Waals surface area contributed by atoms with Gasteiger partial charge in [-0.1, -0.05) is 33.1 Å². The van der Waals surface area contributed by atoms with Crippen LogP contribution in [0.3, 0.4) is 0 Å². The number of nitrogens with one attached hydrogen (secondary N) is 2. The highest BCUT2D eigenvalue weighted by Gasteiger charge is 2.02. The van der Waals surface area contributed by atoms with Gasteiger partial charge < -0.3 is 10.6 Å². The summed E-state index contributed by atoms with van der Waals surface area (Å²) in [7, 11) is 0. The summed E-state index contributed by atoms with van der Waals surface area (Å²) >= 11 is 0. The van der Waals surface area contributed by atoms with Crippen LogP contribution in [0.1, 0.15) is 59.3 Å². The molecule has 2 N–H and O–H groups in total. The molecule has 0 spiro atoms. The van der Waals surface area contributed by atoms with Crippen molar-refractivity contribution in [1.82, 2.24) is 10.6 Å². The summed E-state index contributed by atoms with van der Waals surface area (Å²) in [6.45, 7) is 13.1. The third-order valence-electron chi connectivity index (χ3n) is 2.92. The lowest BCUT2D eigenvalue weighted by molar-refractivity contribution is 0.463. The molecular weight excluding hydrogens is 196 g/mol. The topological polar surface area (TPSA) is 24.1 Å². The Labute approximate surface area is 103 Å². The van der Waals surface area contributed by atoms with Crippen molar-refractivity contribution >= 4 is 0 Å². The van der Waals surface area contributed by atoms with Gasteiger partial charge >= 0.3 is 0 Å². The van der Waals surface area contributed by atoms with Crippen molar-refractivity contribution in [2.45, 2.75) is 71.4 Å². The first-order valence-corrected chi connectivity index (χ1v) is 7.00. The van der Waals surface area contributed by atoms with E-state index in [4.69, 9.17) is 0 Å². The van der Waals surface area contributed by atoms with Crippen molar-refractivity contribution < 1.29 is 0 Å². The molecule has 0 aromatic rings. The molecule has 0 saturated carbocycles. The van der Waals surface area contributed by atoms with E-state index in [1.807, 2.05) is 0 Å². The molecule has 0 bridgehead atoms. The molecule has 0 aromatic carbocycles. The van der Waals surface area contributed by atoms with Gasteiger partial charge in [-0.15, -0.1) is 0 Å². The van der Waals surface area contributed by atoms with Gasteiger partial charge in [0.1, 0.15) is 0 Å². The Hall–Kier alpha value is -0.0800. The van der Waals surface area contributed by atoms with Crippen molar-refractivity contribution in [3.63, 3.8) is 0 Å². The van der Waals surface area contributed by atoms with Gasteiger partial charge in [-0.3, -0.25) is 0 Å². The Bertz CT molecular complexity index is 137. The zero-order valence-electron chi connectivity index (χ0n) is 11.5. The zero-order valence-corrected chi connectivity index (χ0v) is 11.5. The fourth-order valence-electron chi connectivity index (χ4n) is 1.82. The van der Waals surface area contributed by atoms with E-state index in [1.54, 1.807) is 0 Å². The molecule has 2 unspecified atom stereocenters. The zero-order chi connectivity index (χ0) is 12.2. The van der Waals surface area contributed by atoms with Gasteiger partial charge in [-0.25, -0.2) is 0 Å². The van der Waals surface area contributed by atoms with Crippen LogP contribution < -0.4 is 10.6 Å². The van der Waals surface area contributed by atoms with E-state index < -0.39 is 0 Å². The summed E-state index contributed by atoms with van der Waals surface area (Å²) in [5, 5.41) is 7.01. The van der Waals surface area contributed by atoms with Crippen molar-refractivity contribution in [3.05, 3.63) is 6.92 Å². The van der Waals surface area contributed by atoms with Crippen molar-refractivity contribution in [1.29, 1.82) is 0 Å². The van der Waals surface area contributed by atoms with Crippen LogP contribution in [0.15, 0.2) is 0 Å². The average molecular weight is 227 g/mol. The largest absolute Gasteiger partial charge is 0.314 e. The lowest BCUT2D eigenvalue weighted by Gasteiger charge is -2.16. The molecule has 0 aliphatic carbocycles. The molecule has 0 fully saturated rings. The number of rotatable bonds is 11. The molecular formula is C14H31N2.